The number of nitrogens with zero attached hydrogens (tertiary/aromatic N) is 4. The molecule has 0 unspecified atom stereocenters. The summed E-state index contributed by atoms with van der Waals surface area (Å²) in [7, 11) is 0. The first kappa shape index (κ1) is 13.4. The normalized spacial score (nSPS) is 10.2. The molecule has 0 amide bonds. The Morgan fingerprint density at radius 1 is 1.45 bits per heavy atom. The van der Waals surface area contributed by atoms with Gasteiger partial charge in [0, 0.05) is 17.1 Å². The molecule has 1 aromatic carbocycles. The molecule has 0 fully saturated rings. The molecule has 0 saturated heterocycles. The van der Waals surface area contributed by atoms with Gasteiger partial charge in [0.15, 0.2) is 18.0 Å². The molecule has 0 atom stereocenters. The fourth-order valence-electron chi connectivity index (χ4n) is 1.34. The van der Waals surface area contributed by atoms with Gasteiger partial charge in [-0.25, -0.2) is 4.99 Å². The molecule has 0 bridgehead atoms. The molecule has 2 aromatic rings. The molecular weight excluding hydrogens is 276 g/mol. The summed E-state index contributed by atoms with van der Waals surface area (Å²) in [5, 5.41) is 20.8. The average molecular weight is 286 g/mol. The minimum Gasteiger partial charge on any atom is -0.370 e. The number of rotatable bonds is 4. The quantitative estimate of drug-likeness (QED) is 0.289. The predicted molar refractivity (Wildman–Crippen MR) is 77.8 cm³/mol. The van der Waals surface area contributed by atoms with E-state index in [2.05, 4.69) is 25.0 Å². The lowest BCUT2D eigenvalue weighted by molar-refractivity contribution is 1.29. The van der Waals surface area contributed by atoms with Crippen LogP contribution in [0.2, 0.25) is 0 Å². The highest BCUT2D eigenvalue weighted by Gasteiger charge is 2.06. The molecule has 8 nitrogen and oxygen atoms in total. The number of nitrogens with two attached hydrogens (primary N) is 1. The van der Waals surface area contributed by atoms with Gasteiger partial charge in [0.1, 0.15) is 6.34 Å². The zero-order valence-electron chi connectivity index (χ0n) is 10.2. The zero-order chi connectivity index (χ0) is 14.4. The molecule has 0 saturated carbocycles. The molecule has 2 rings (SSSR count). The van der Waals surface area contributed by atoms with Crippen LogP contribution in [0.5, 0.6) is 0 Å². The smallest absolute Gasteiger partial charge is 0.209 e. The Balaban J connectivity index is 2.11. The monoisotopic (exact) mass is 286 g/mol. The maximum absolute atomic E-state index is 8.30. The first-order valence-electron chi connectivity index (χ1n) is 5.41. The first-order valence-corrected chi connectivity index (χ1v) is 6.19. The standard InChI is InChI=1S/C11H10N8S/c12-5-15-6-16-8-3-1-7(2-4-8)9-17-11(20-19-9)18-10(13)14/h1-4,6H,(H,15,16)(H4,13,14,17,18,19). The van der Waals surface area contributed by atoms with Crippen LogP contribution in [-0.4, -0.2) is 21.7 Å². The Kier molecular flexibility index (Phi) is 4.21. The molecular formula is C11H10N8S. The maximum Gasteiger partial charge on any atom is 0.209 e. The van der Waals surface area contributed by atoms with E-state index in [0.717, 1.165) is 17.1 Å². The number of aromatic nitrogens is 2. The van der Waals surface area contributed by atoms with Crippen molar-refractivity contribution in [3.63, 3.8) is 0 Å². The minimum absolute atomic E-state index is 0.178. The summed E-state index contributed by atoms with van der Waals surface area (Å²) >= 11 is 1.13. The van der Waals surface area contributed by atoms with E-state index in [4.69, 9.17) is 16.4 Å². The molecule has 1 aromatic heterocycles. The minimum atomic E-state index is -0.178. The van der Waals surface area contributed by atoms with Gasteiger partial charge >= 0.3 is 0 Å². The predicted octanol–water partition coefficient (Wildman–Crippen LogP) is 1.24. The van der Waals surface area contributed by atoms with E-state index in [-0.39, 0.29) is 5.96 Å². The van der Waals surface area contributed by atoms with Gasteiger partial charge in [0.05, 0.1) is 5.69 Å². The van der Waals surface area contributed by atoms with E-state index in [1.165, 1.54) is 6.34 Å². The summed E-state index contributed by atoms with van der Waals surface area (Å²) in [5.41, 5.74) is 6.74. The van der Waals surface area contributed by atoms with E-state index in [1.807, 2.05) is 12.1 Å². The van der Waals surface area contributed by atoms with Crippen molar-refractivity contribution >= 4 is 34.6 Å². The molecule has 0 aliphatic heterocycles. The highest BCUT2D eigenvalue weighted by molar-refractivity contribution is 7.10. The van der Waals surface area contributed by atoms with Crippen molar-refractivity contribution in [2.75, 3.05) is 5.32 Å². The third-order valence-corrected chi connectivity index (χ3v) is 2.77. The zero-order valence-corrected chi connectivity index (χ0v) is 11.0. The fourth-order valence-corrected chi connectivity index (χ4v) is 1.94. The van der Waals surface area contributed by atoms with E-state index in [1.54, 1.807) is 18.3 Å². The molecule has 0 aliphatic carbocycles. The lowest BCUT2D eigenvalue weighted by atomic mass is 10.2. The summed E-state index contributed by atoms with van der Waals surface area (Å²) in [5.74, 6) is 0.367. The van der Waals surface area contributed by atoms with Gasteiger partial charge in [0.2, 0.25) is 5.13 Å². The molecule has 20 heavy (non-hydrogen) atoms. The summed E-state index contributed by atoms with van der Waals surface area (Å²) in [6.45, 7) is 0. The second-order valence-corrected chi connectivity index (χ2v) is 4.27. The Morgan fingerprint density at radius 2 is 2.20 bits per heavy atom. The number of hydrogen-bond acceptors (Lipinski definition) is 6. The van der Waals surface area contributed by atoms with Gasteiger partial charge in [0.25, 0.3) is 0 Å². The van der Waals surface area contributed by atoms with Crippen molar-refractivity contribution in [1.29, 1.82) is 10.7 Å². The summed E-state index contributed by atoms with van der Waals surface area (Å²) in [6, 6.07) is 7.20. The van der Waals surface area contributed by atoms with Crippen LogP contribution in [0.1, 0.15) is 0 Å². The Morgan fingerprint density at radius 3 is 2.85 bits per heavy atom. The molecule has 0 spiro atoms. The van der Waals surface area contributed by atoms with Crippen LogP contribution in [0.15, 0.2) is 29.3 Å². The lowest BCUT2D eigenvalue weighted by Gasteiger charge is -1.97. The lowest BCUT2D eigenvalue weighted by Crippen LogP contribution is -2.20. The van der Waals surface area contributed by atoms with Crippen LogP contribution in [0.3, 0.4) is 0 Å². The van der Waals surface area contributed by atoms with Crippen LogP contribution < -0.4 is 16.4 Å². The van der Waals surface area contributed by atoms with Crippen LogP contribution >= 0.6 is 11.5 Å². The first-order chi connectivity index (χ1) is 9.69. The number of anilines is 1. The fraction of sp³-hybridized carbons (Fsp3) is 0. The van der Waals surface area contributed by atoms with Gasteiger partial charge in [-0.2, -0.15) is 14.6 Å². The van der Waals surface area contributed by atoms with Crippen molar-refractivity contribution in [2.45, 2.75) is 0 Å². The average Bonchev–Trinajstić information content (AvgIpc) is 2.87. The molecule has 100 valence electrons. The number of aliphatic imine (C=N–C) groups is 1. The van der Waals surface area contributed by atoms with Crippen LogP contribution in [0, 0.1) is 16.9 Å². The Hall–Kier alpha value is -2.99. The number of guanidine groups is 1. The van der Waals surface area contributed by atoms with E-state index >= 15 is 0 Å². The van der Waals surface area contributed by atoms with E-state index < -0.39 is 0 Å². The number of nitriles is 1. The van der Waals surface area contributed by atoms with Crippen molar-refractivity contribution in [3.8, 4) is 17.6 Å². The summed E-state index contributed by atoms with van der Waals surface area (Å²) in [4.78, 5) is 8.23. The number of hydrogen-bond donors (Lipinski definition) is 4. The Labute approximate surface area is 118 Å². The highest BCUT2D eigenvalue weighted by atomic mass is 32.1. The third-order valence-electron chi connectivity index (χ3n) is 2.14. The van der Waals surface area contributed by atoms with Crippen molar-refractivity contribution in [2.24, 2.45) is 10.7 Å². The van der Waals surface area contributed by atoms with Gasteiger partial charge in [-0.05, 0) is 24.3 Å². The highest BCUT2D eigenvalue weighted by Crippen LogP contribution is 2.23. The maximum atomic E-state index is 8.30. The van der Waals surface area contributed by atoms with Gasteiger partial charge < -0.3 is 11.1 Å². The van der Waals surface area contributed by atoms with Crippen LogP contribution in [0.25, 0.3) is 11.4 Å². The van der Waals surface area contributed by atoms with E-state index in [0.29, 0.717) is 16.6 Å². The molecule has 9 heteroatoms. The van der Waals surface area contributed by atoms with Crippen LogP contribution in [-0.2, 0) is 0 Å². The molecule has 0 radical (unpaired) electrons. The largest absolute Gasteiger partial charge is 0.370 e. The molecule has 0 aliphatic rings. The van der Waals surface area contributed by atoms with Gasteiger partial charge in [-0.3, -0.25) is 10.7 Å². The summed E-state index contributed by atoms with van der Waals surface area (Å²) in [6.07, 6.45) is 3.05. The second-order valence-electron chi connectivity index (χ2n) is 3.52. The number of nitrogens with one attached hydrogen (secondary N) is 3. The van der Waals surface area contributed by atoms with E-state index in [9.17, 15) is 0 Å². The van der Waals surface area contributed by atoms with Crippen molar-refractivity contribution in [1.82, 2.24) is 14.7 Å². The van der Waals surface area contributed by atoms with Gasteiger partial charge in [-0.15, -0.1) is 0 Å². The second kappa shape index (κ2) is 6.26. The summed E-state index contributed by atoms with van der Waals surface area (Å²) < 4.78 is 4.17. The number of benzene rings is 1. The third kappa shape index (κ3) is 3.50. The molecule has 1 heterocycles. The SMILES string of the molecule is N#CN/C=N/c1ccc(-c2nsc(NC(=N)N)n2)cc1. The molecule has 5 N–H and O–H groups in total. The Bertz CT molecular complexity index is 666. The van der Waals surface area contributed by atoms with Crippen molar-refractivity contribution < 1.29 is 0 Å². The van der Waals surface area contributed by atoms with Crippen molar-refractivity contribution in [3.05, 3.63) is 24.3 Å². The topological polar surface area (TPSA) is 136 Å². The van der Waals surface area contributed by atoms with Crippen LogP contribution in [0.4, 0.5) is 10.8 Å². The van der Waals surface area contributed by atoms with Gasteiger partial charge in [-0.1, -0.05) is 0 Å².